The third-order valence-corrected chi connectivity index (χ3v) is 6.51. The first-order chi connectivity index (χ1) is 25.8. The number of carbonyl (C=O) groups is 2. The molecule has 1 aromatic rings. The van der Waals surface area contributed by atoms with Crippen LogP contribution < -0.4 is 4.74 Å². The number of nitrogens with zero attached hydrogens (tertiary/aromatic N) is 1. The highest BCUT2D eigenvalue weighted by Gasteiger charge is 2.19. The van der Waals surface area contributed by atoms with Gasteiger partial charge in [-0.2, -0.15) is 0 Å². The Bertz CT molecular complexity index is 965. The van der Waals surface area contributed by atoms with Gasteiger partial charge in [0.15, 0.2) is 0 Å². The van der Waals surface area contributed by atoms with E-state index < -0.39 is 5.60 Å². The lowest BCUT2D eigenvalue weighted by Crippen LogP contribution is -2.36. The number of likely N-dealkylation sites (N-methyl/N-ethyl adjacent to an activating group) is 1. The largest absolute Gasteiger partial charge is 0.491 e. The van der Waals surface area contributed by atoms with Crippen molar-refractivity contribution in [3.05, 3.63) is 29.8 Å². The van der Waals surface area contributed by atoms with Crippen molar-refractivity contribution in [1.29, 1.82) is 0 Å². The Labute approximate surface area is 315 Å². The molecule has 0 heterocycles. The summed E-state index contributed by atoms with van der Waals surface area (Å²) < 4.78 is 71.1. The van der Waals surface area contributed by atoms with Crippen LogP contribution in [0.1, 0.15) is 31.1 Å². The molecule has 0 fully saturated rings. The molecule has 16 heteroatoms. The normalized spacial score (nSPS) is 11.5. The first-order valence-electron chi connectivity index (χ1n) is 18.3. The lowest BCUT2D eigenvalue weighted by atomic mass is 10.2. The maximum absolute atomic E-state index is 11.9. The van der Waals surface area contributed by atoms with E-state index in [1.54, 1.807) is 31.3 Å². The molecule has 0 aliphatic rings. The van der Waals surface area contributed by atoms with Crippen LogP contribution in [0.3, 0.4) is 0 Å². The van der Waals surface area contributed by atoms with Gasteiger partial charge in [0, 0.05) is 19.2 Å². The number of rotatable bonds is 38. The first-order valence-corrected chi connectivity index (χ1v) is 18.3. The molecule has 0 bridgehead atoms. The summed E-state index contributed by atoms with van der Waals surface area (Å²) >= 11 is 0. The number of aldehydes is 1. The van der Waals surface area contributed by atoms with Crippen LogP contribution in [0.15, 0.2) is 24.3 Å². The Hall–Kier alpha value is -2.48. The van der Waals surface area contributed by atoms with Gasteiger partial charge in [-0.3, -0.25) is 4.79 Å². The maximum atomic E-state index is 11.9. The fourth-order valence-corrected chi connectivity index (χ4v) is 3.79. The summed E-state index contributed by atoms with van der Waals surface area (Å²) in [6, 6.07) is 6.92. The van der Waals surface area contributed by atoms with E-state index in [0.717, 1.165) is 6.29 Å². The van der Waals surface area contributed by atoms with Crippen molar-refractivity contribution in [2.24, 2.45) is 0 Å². The standard InChI is InChI=1S/C37H65NO15/c1-37(2,3)53-36(40)38(4)9-10-41-11-12-42-13-14-43-15-16-44-17-18-45-19-20-46-21-22-47-23-24-48-25-26-49-27-28-50-29-30-51-31-32-52-35-7-5-34(33-39)6-8-35/h5-8,33H,9-32H2,1-4H3. The number of amides is 1. The van der Waals surface area contributed by atoms with Gasteiger partial charge in [0.2, 0.25) is 0 Å². The first kappa shape index (κ1) is 48.5. The van der Waals surface area contributed by atoms with Crippen LogP contribution in [0.4, 0.5) is 4.79 Å². The molecular weight excluding hydrogens is 698 g/mol. The van der Waals surface area contributed by atoms with E-state index in [2.05, 4.69) is 0 Å². The molecule has 1 aromatic carbocycles. The van der Waals surface area contributed by atoms with Crippen LogP contribution in [0.25, 0.3) is 0 Å². The minimum atomic E-state index is -0.514. The van der Waals surface area contributed by atoms with E-state index in [9.17, 15) is 9.59 Å². The highest BCUT2D eigenvalue weighted by atomic mass is 16.6. The van der Waals surface area contributed by atoms with E-state index in [1.165, 1.54) is 4.90 Å². The summed E-state index contributed by atoms with van der Waals surface area (Å²) in [5.74, 6) is 0.700. The Balaban J connectivity index is 1.66. The van der Waals surface area contributed by atoms with Gasteiger partial charge in [-0.15, -0.1) is 0 Å². The predicted octanol–water partition coefficient (Wildman–Crippen LogP) is 2.93. The van der Waals surface area contributed by atoms with Crippen LogP contribution in [0.2, 0.25) is 0 Å². The Morgan fingerprint density at radius 3 is 1.06 bits per heavy atom. The molecule has 0 unspecified atom stereocenters. The summed E-state index contributed by atoms with van der Waals surface area (Å²) in [4.78, 5) is 24.0. The molecule has 0 aliphatic heterocycles. The average molecular weight is 764 g/mol. The zero-order valence-electron chi connectivity index (χ0n) is 32.4. The second-order valence-corrected chi connectivity index (χ2v) is 12.2. The fraction of sp³-hybridized carbons (Fsp3) is 0.784. The Kier molecular flexibility index (Phi) is 32.3. The zero-order valence-corrected chi connectivity index (χ0v) is 32.4. The van der Waals surface area contributed by atoms with Crippen LogP contribution in [0, 0.1) is 0 Å². The molecule has 0 spiro atoms. The SMILES string of the molecule is CN(CCOCCOCCOCCOCCOCCOCCOCCOCCOCCOCCOCCOc1ccc(C=O)cc1)C(=O)OC(C)(C)C. The summed E-state index contributed by atoms with van der Waals surface area (Å²) in [6.07, 6.45) is 0.428. The number of carbonyl (C=O) groups excluding carboxylic acids is 2. The molecule has 0 atom stereocenters. The van der Waals surface area contributed by atoms with Gasteiger partial charge in [-0.25, -0.2) is 4.79 Å². The van der Waals surface area contributed by atoms with E-state index in [-0.39, 0.29) is 6.09 Å². The van der Waals surface area contributed by atoms with Gasteiger partial charge in [0.25, 0.3) is 0 Å². The topological polar surface area (TPSA) is 157 Å². The molecular formula is C37H65NO15. The molecule has 53 heavy (non-hydrogen) atoms. The molecule has 0 N–H and O–H groups in total. The van der Waals surface area contributed by atoms with Crippen LogP contribution in [-0.2, 0) is 56.8 Å². The quantitative estimate of drug-likeness (QED) is 0.0715. The molecule has 16 nitrogen and oxygen atoms in total. The fourth-order valence-electron chi connectivity index (χ4n) is 3.79. The molecule has 0 aromatic heterocycles. The van der Waals surface area contributed by atoms with Crippen molar-refractivity contribution in [3.8, 4) is 5.75 Å². The third-order valence-electron chi connectivity index (χ3n) is 6.51. The number of benzene rings is 1. The number of hydrogen-bond donors (Lipinski definition) is 0. The van der Waals surface area contributed by atoms with Gasteiger partial charge < -0.3 is 66.5 Å². The molecule has 1 rings (SSSR count). The second kappa shape index (κ2) is 35.2. The zero-order chi connectivity index (χ0) is 38.5. The van der Waals surface area contributed by atoms with Gasteiger partial charge in [0.1, 0.15) is 24.2 Å². The molecule has 1 amide bonds. The molecule has 308 valence electrons. The van der Waals surface area contributed by atoms with Gasteiger partial charge in [0.05, 0.1) is 145 Å². The van der Waals surface area contributed by atoms with Crippen molar-refractivity contribution < 1.29 is 71.2 Å². The Morgan fingerprint density at radius 1 is 0.491 bits per heavy atom. The highest BCUT2D eigenvalue weighted by Crippen LogP contribution is 2.11. The summed E-state index contributed by atoms with van der Waals surface area (Å²) in [5.41, 5.74) is 0.0999. The van der Waals surface area contributed by atoms with Gasteiger partial charge >= 0.3 is 6.09 Å². The molecule has 0 aliphatic carbocycles. The average Bonchev–Trinajstić information content (AvgIpc) is 3.14. The van der Waals surface area contributed by atoms with E-state index in [0.29, 0.717) is 170 Å². The van der Waals surface area contributed by atoms with Crippen molar-refractivity contribution in [2.75, 3.05) is 166 Å². The van der Waals surface area contributed by atoms with Crippen molar-refractivity contribution in [2.45, 2.75) is 26.4 Å². The van der Waals surface area contributed by atoms with Crippen LogP contribution in [-0.4, -0.2) is 188 Å². The summed E-state index contributed by atoms with van der Waals surface area (Å²) in [6.45, 7) is 16.8. The second-order valence-electron chi connectivity index (χ2n) is 12.2. The minimum Gasteiger partial charge on any atom is -0.491 e. The third kappa shape index (κ3) is 33.8. The van der Waals surface area contributed by atoms with Crippen LogP contribution >= 0.6 is 0 Å². The molecule has 0 saturated heterocycles. The maximum Gasteiger partial charge on any atom is 0.410 e. The number of ether oxygens (including phenoxy) is 13. The summed E-state index contributed by atoms with van der Waals surface area (Å²) in [7, 11) is 1.68. The predicted molar refractivity (Wildman–Crippen MR) is 195 cm³/mol. The van der Waals surface area contributed by atoms with Gasteiger partial charge in [-0.05, 0) is 45.0 Å². The monoisotopic (exact) mass is 763 g/mol. The lowest BCUT2D eigenvalue weighted by molar-refractivity contribution is -0.0279. The van der Waals surface area contributed by atoms with Gasteiger partial charge in [-0.1, -0.05) is 0 Å². The smallest absolute Gasteiger partial charge is 0.410 e. The van der Waals surface area contributed by atoms with Crippen molar-refractivity contribution in [1.82, 2.24) is 4.90 Å². The highest BCUT2D eigenvalue weighted by molar-refractivity contribution is 5.74. The van der Waals surface area contributed by atoms with E-state index >= 15 is 0 Å². The molecule has 0 saturated carbocycles. The minimum absolute atomic E-state index is 0.368. The lowest BCUT2D eigenvalue weighted by Gasteiger charge is -2.24. The van der Waals surface area contributed by atoms with Crippen molar-refractivity contribution >= 4 is 12.4 Å². The molecule has 0 radical (unpaired) electrons. The number of hydrogen-bond acceptors (Lipinski definition) is 15. The van der Waals surface area contributed by atoms with E-state index in [4.69, 9.17) is 61.6 Å². The van der Waals surface area contributed by atoms with Crippen molar-refractivity contribution in [3.63, 3.8) is 0 Å². The van der Waals surface area contributed by atoms with Crippen LogP contribution in [0.5, 0.6) is 5.75 Å². The Morgan fingerprint density at radius 2 is 0.774 bits per heavy atom. The van der Waals surface area contributed by atoms with E-state index in [1.807, 2.05) is 20.8 Å². The summed E-state index contributed by atoms with van der Waals surface area (Å²) in [5, 5.41) is 0.